The summed E-state index contributed by atoms with van der Waals surface area (Å²) in [7, 11) is 4.75. The standard InChI is InChI=1S/C19H22ClNO4/c1-12(15-7-6-14(23-2)11-18(15)25-4)9-19(22)21-16-10-13(20)5-8-17(16)24-3/h5-8,10-12H,9H2,1-4H3,(H,21,22). The fourth-order valence-corrected chi connectivity index (χ4v) is 2.76. The number of methoxy groups -OCH3 is 3. The molecule has 0 aromatic heterocycles. The van der Waals surface area contributed by atoms with Crippen LogP contribution < -0.4 is 19.5 Å². The van der Waals surface area contributed by atoms with Gasteiger partial charge in [0.15, 0.2) is 0 Å². The Morgan fingerprint density at radius 2 is 1.76 bits per heavy atom. The van der Waals surface area contributed by atoms with Crippen molar-refractivity contribution in [2.45, 2.75) is 19.3 Å². The predicted octanol–water partition coefficient (Wildman–Crippen LogP) is 4.50. The second-order valence-corrected chi connectivity index (χ2v) is 6.04. The number of hydrogen-bond donors (Lipinski definition) is 1. The van der Waals surface area contributed by atoms with E-state index < -0.39 is 0 Å². The Morgan fingerprint density at radius 1 is 1.04 bits per heavy atom. The van der Waals surface area contributed by atoms with Gasteiger partial charge in [-0.05, 0) is 35.7 Å². The van der Waals surface area contributed by atoms with E-state index in [2.05, 4.69) is 5.32 Å². The summed E-state index contributed by atoms with van der Waals surface area (Å²) < 4.78 is 15.9. The third-order valence-electron chi connectivity index (χ3n) is 3.90. The summed E-state index contributed by atoms with van der Waals surface area (Å²) in [6, 6.07) is 10.7. The summed E-state index contributed by atoms with van der Waals surface area (Å²) in [4.78, 5) is 12.4. The molecule has 0 bridgehead atoms. The molecule has 0 heterocycles. The normalized spacial score (nSPS) is 11.6. The van der Waals surface area contributed by atoms with Crippen LogP contribution >= 0.6 is 11.6 Å². The van der Waals surface area contributed by atoms with Crippen LogP contribution in [0, 0.1) is 0 Å². The zero-order valence-electron chi connectivity index (χ0n) is 14.8. The van der Waals surface area contributed by atoms with E-state index >= 15 is 0 Å². The highest BCUT2D eigenvalue weighted by molar-refractivity contribution is 6.31. The number of anilines is 1. The Morgan fingerprint density at radius 3 is 2.40 bits per heavy atom. The fourth-order valence-electron chi connectivity index (χ4n) is 2.59. The first-order valence-electron chi connectivity index (χ1n) is 7.83. The first kappa shape index (κ1) is 18.9. The monoisotopic (exact) mass is 363 g/mol. The van der Waals surface area contributed by atoms with Crippen molar-refractivity contribution in [1.29, 1.82) is 0 Å². The van der Waals surface area contributed by atoms with Gasteiger partial charge in [-0.3, -0.25) is 4.79 Å². The molecule has 0 aliphatic carbocycles. The number of carbonyl (C=O) groups is 1. The summed E-state index contributed by atoms with van der Waals surface area (Å²) in [5.74, 6) is 1.80. The maximum absolute atomic E-state index is 12.4. The van der Waals surface area contributed by atoms with Crippen molar-refractivity contribution >= 4 is 23.2 Å². The van der Waals surface area contributed by atoms with Crippen molar-refractivity contribution in [2.75, 3.05) is 26.6 Å². The molecule has 5 nitrogen and oxygen atoms in total. The van der Waals surface area contributed by atoms with Crippen LogP contribution in [-0.2, 0) is 4.79 Å². The number of rotatable bonds is 7. The van der Waals surface area contributed by atoms with Crippen LogP contribution in [0.5, 0.6) is 17.2 Å². The van der Waals surface area contributed by atoms with Crippen LogP contribution in [-0.4, -0.2) is 27.2 Å². The smallest absolute Gasteiger partial charge is 0.225 e. The highest BCUT2D eigenvalue weighted by atomic mass is 35.5. The molecule has 0 aliphatic heterocycles. The molecular formula is C19H22ClNO4. The van der Waals surface area contributed by atoms with Gasteiger partial charge < -0.3 is 19.5 Å². The average molecular weight is 364 g/mol. The average Bonchev–Trinajstić information content (AvgIpc) is 2.61. The van der Waals surface area contributed by atoms with Crippen LogP contribution in [0.2, 0.25) is 5.02 Å². The highest BCUT2D eigenvalue weighted by Crippen LogP contribution is 2.33. The molecule has 25 heavy (non-hydrogen) atoms. The van der Waals surface area contributed by atoms with E-state index in [-0.39, 0.29) is 11.8 Å². The van der Waals surface area contributed by atoms with Gasteiger partial charge in [0.2, 0.25) is 5.91 Å². The summed E-state index contributed by atoms with van der Waals surface area (Å²) in [6.07, 6.45) is 0.290. The SMILES string of the molecule is COc1ccc(C(C)CC(=O)Nc2cc(Cl)ccc2OC)c(OC)c1. The number of hydrogen-bond acceptors (Lipinski definition) is 4. The van der Waals surface area contributed by atoms with Crippen molar-refractivity contribution in [1.82, 2.24) is 0 Å². The fraction of sp³-hybridized carbons (Fsp3) is 0.316. The molecular weight excluding hydrogens is 342 g/mol. The van der Waals surface area contributed by atoms with E-state index in [1.165, 1.54) is 0 Å². The van der Waals surface area contributed by atoms with Gasteiger partial charge in [-0.15, -0.1) is 0 Å². The summed E-state index contributed by atoms with van der Waals surface area (Å²) in [5.41, 5.74) is 1.49. The Labute approximate surface area is 152 Å². The van der Waals surface area contributed by atoms with Gasteiger partial charge in [0, 0.05) is 17.5 Å². The van der Waals surface area contributed by atoms with Crippen LogP contribution in [0.1, 0.15) is 24.8 Å². The Balaban J connectivity index is 2.12. The number of benzene rings is 2. The molecule has 1 unspecified atom stereocenters. The van der Waals surface area contributed by atoms with Gasteiger partial charge in [0.1, 0.15) is 17.2 Å². The molecule has 2 aromatic carbocycles. The zero-order valence-corrected chi connectivity index (χ0v) is 15.5. The number of nitrogens with one attached hydrogen (secondary N) is 1. The van der Waals surface area contributed by atoms with Crippen molar-refractivity contribution in [2.24, 2.45) is 0 Å². The van der Waals surface area contributed by atoms with Gasteiger partial charge in [0.25, 0.3) is 0 Å². The van der Waals surface area contributed by atoms with Gasteiger partial charge in [-0.25, -0.2) is 0 Å². The summed E-state index contributed by atoms with van der Waals surface area (Å²) in [6.45, 7) is 1.97. The van der Waals surface area contributed by atoms with Crippen LogP contribution in [0.4, 0.5) is 5.69 Å². The van der Waals surface area contributed by atoms with Crippen molar-refractivity contribution in [3.05, 3.63) is 47.0 Å². The van der Waals surface area contributed by atoms with Crippen molar-refractivity contribution in [3.8, 4) is 17.2 Å². The molecule has 0 spiro atoms. The zero-order chi connectivity index (χ0) is 18.4. The minimum atomic E-state index is -0.133. The molecule has 0 fully saturated rings. The Kier molecular flexibility index (Phi) is 6.53. The molecule has 2 aromatic rings. The topological polar surface area (TPSA) is 56.8 Å². The lowest BCUT2D eigenvalue weighted by molar-refractivity contribution is -0.116. The van der Waals surface area contributed by atoms with Crippen molar-refractivity contribution < 1.29 is 19.0 Å². The second kappa shape index (κ2) is 8.62. The van der Waals surface area contributed by atoms with E-state index in [0.717, 1.165) is 5.56 Å². The van der Waals surface area contributed by atoms with Crippen molar-refractivity contribution in [3.63, 3.8) is 0 Å². The van der Waals surface area contributed by atoms with Gasteiger partial charge >= 0.3 is 0 Å². The molecule has 1 atom stereocenters. The molecule has 0 radical (unpaired) electrons. The first-order chi connectivity index (χ1) is 12.0. The number of halogens is 1. The molecule has 1 N–H and O–H groups in total. The molecule has 0 aliphatic rings. The van der Waals surface area contributed by atoms with Crippen LogP contribution in [0.3, 0.4) is 0 Å². The number of ether oxygens (including phenoxy) is 3. The lowest BCUT2D eigenvalue weighted by Crippen LogP contribution is -2.15. The predicted molar refractivity (Wildman–Crippen MR) is 99.2 cm³/mol. The maximum Gasteiger partial charge on any atom is 0.225 e. The van der Waals surface area contributed by atoms with Crippen LogP contribution in [0.15, 0.2) is 36.4 Å². The molecule has 1 amide bonds. The highest BCUT2D eigenvalue weighted by Gasteiger charge is 2.17. The van der Waals surface area contributed by atoms with Gasteiger partial charge in [-0.2, -0.15) is 0 Å². The maximum atomic E-state index is 12.4. The molecule has 0 saturated heterocycles. The lowest BCUT2D eigenvalue weighted by Gasteiger charge is -2.17. The minimum Gasteiger partial charge on any atom is -0.497 e. The van der Waals surface area contributed by atoms with E-state index in [4.69, 9.17) is 25.8 Å². The summed E-state index contributed by atoms with van der Waals surface area (Å²) in [5, 5.41) is 3.38. The lowest BCUT2D eigenvalue weighted by atomic mass is 9.96. The molecule has 0 saturated carbocycles. The van der Waals surface area contributed by atoms with E-state index in [1.54, 1.807) is 39.5 Å². The third-order valence-corrected chi connectivity index (χ3v) is 4.13. The van der Waals surface area contributed by atoms with E-state index in [9.17, 15) is 4.79 Å². The summed E-state index contributed by atoms with van der Waals surface area (Å²) >= 11 is 5.99. The molecule has 2 rings (SSSR count). The Hall–Kier alpha value is -2.40. The quantitative estimate of drug-likeness (QED) is 0.787. The third kappa shape index (κ3) is 4.79. The molecule has 6 heteroatoms. The van der Waals surface area contributed by atoms with E-state index in [1.807, 2.05) is 25.1 Å². The molecule has 134 valence electrons. The largest absolute Gasteiger partial charge is 0.497 e. The Bertz CT molecular complexity index is 748. The van der Waals surface area contributed by atoms with Gasteiger partial charge in [0.05, 0.1) is 27.0 Å². The number of carbonyl (C=O) groups excluding carboxylic acids is 1. The van der Waals surface area contributed by atoms with Crippen LogP contribution in [0.25, 0.3) is 0 Å². The van der Waals surface area contributed by atoms with E-state index in [0.29, 0.717) is 34.4 Å². The minimum absolute atomic E-state index is 0.0361. The second-order valence-electron chi connectivity index (χ2n) is 5.61. The van der Waals surface area contributed by atoms with Gasteiger partial charge in [-0.1, -0.05) is 24.6 Å². The number of amides is 1. The first-order valence-corrected chi connectivity index (χ1v) is 8.21.